The fourth-order valence-corrected chi connectivity index (χ4v) is 6.46. The van der Waals surface area contributed by atoms with Gasteiger partial charge >= 0.3 is 0 Å². The minimum absolute atomic E-state index is 0.0542. The Kier molecular flexibility index (Phi) is 15.1. The first kappa shape index (κ1) is 42.5. The van der Waals surface area contributed by atoms with E-state index < -0.39 is 92.2 Å². The summed E-state index contributed by atoms with van der Waals surface area (Å²) in [6, 6.07) is 0.450. The molecule has 300 valence electrons. The van der Waals surface area contributed by atoms with Crippen LogP contribution in [0.4, 0.5) is 11.8 Å². The highest BCUT2D eigenvalue weighted by atomic mass is 16.7. The van der Waals surface area contributed by atoms with Crippen LogP contribution in [0.3, 0.4) is 0 Å². The standard InChI is InChI=1S/C18H37N5O9.C14H18N4O3/c19-3-9-8(25)2-7(22)17(29-9)31-15-5(20)1-6(21)16(14(15)28)32-18-13(27)11(23)12(26)10(4-24)30-18;1-19-10-5-8(6-11(20-2)12(10)21-3)4-9-7-17-14(16)18-13(9)15/h5-18,24-28H,1-4,19-23H2;5-7H,4H2,1-3H3,(H4,15,16,17,18)/t5-,6+,7+,8-,9+,10+,11-,12+,13+,14-,15+,16-,17+,18+;/m0./s1. The number of nitrogens with zero attached hydrogens (tertiary/aromatic N) is 2. The average molecular weight is 758 g/mol. The lowest BCUT2D eigenvalue weighted by Gasteiger charge is -2.47. The molecule has 0 radical (unpaired) electrons. The number of aromatic nitrogens is 2. The second-order valence-electron chi connectivity index (χ2n) is 13.1. The van der Waals surface area contributed by atoms with Gasteiger partial charge in [-0.3, -0.25) is 0 Å². The molecule has 19 N–H and O–H groups in total. The maximum Gasteiger partial charge on any atom is 0.221 e. The molecule has 2 saturated heterocycles. The molecule has 53 heavy (non-hydrogen) atoms. The molecule has 1 aromatic carbocycles. The molecule has 0 bridgehead atoms. The zero-order chi connectivity index (χ0) is 39.1. The third kappa shape index (κ3) is 9.89. The van der Waals surface area contributed by atoms with E-state index in [1.807, 2.05) is 12.1 Å². The monoisotopic (exact) mass is 757 g/mol. The molecule has 1 aromatic heterocycles. The highest BCUT2D eigenvalue weighted by Crippen LogP contribution is 2.39. The zero-order valence-corrected chi connectivity index (χ0v) is 29.9. The first-order chi connectivity index (χ1) is 25.2. The molecule has 14 atom stereocenters. The second-order valence-corrected chi connectivity index (χ2v) is 13.1. The minimum Gasteiger partial charge on any atom is -0.493 e. The number of benzene rings is 1. The number of hydrogen-bond acceptors (Lipinski definition) is 21. The number of nitrogens with two attached hydrogens (primary N) is 7. The van der Waals surface area contributed by atoms with Crippen LogP contribution in [0.1, 0.15) is 24.0 Å². The van der Waals surface area contributed by atoms with E-state index in [-0.39, 0.29) is 25.3 Å². The Morgan fingerprint density at radius 2 is 1.36 bits per heavy atom. The Morgan fingerprint density at radius 1 is 0.774 bits per heavy atom. The van der Waals surface area contributed by atoms with E-state index in [9.17, 15) is 25.5 Å². The molecule has 1 aliphatic carbocycles. The molecule has 1 saturated carbocycles. The van der Waals surface area contributed by atoms with Crippen molar-refractivity contribution in [3.05, 3.63) is 29.5 Å². The third-order valence-electron chi connectivity index (χ3n) is 9.45. The Labute approximate surface area is 306 Å². The van der Waals surface area contributed by atoms with Crippen molar-refractivity contribution in [3.8, 4) is 17.2 Å². The Balaban J connectivity index is 0.000000258. The molecule has 21 heteroatoms. The molecule has 0 amide bonds. The number of rotatable bonds is 11. The normalized spacial score (nSPS) is 35.9. The molecule has 3 heterocycles. The SMILES string of the molecule is COc1cc(Cc2cnc(N)nc2N)cc(OC)c1OC.NC[C@H]1O[C@H](O[C@H]2[C@H](O)[C@@H](O[C@H]3O[C@H](CO)[C@@H](O)[C@H](N)[C@H]3O)[C@H](N)C[C@@H]2N)[C@H](N)C[C@@H]1O. The van der Waals surface area contributed by atoms with E-state index in [1.165, 1.54) is 0 Å². The van der Waals surface area contributed by atoms with Gasteiger partial charge in [-0.15, -0.1) is 0 Å². The molecule has 2 aromatic rings. The molecular weight excluding hydrogens is 702 g/mol. The second kappa shape index (κ2) is 18.9. The van der Waals surface area contributed by atoms with E-state index >= 15 is 0 Å². The average Bonchev–Trinajstić information content (AvgIpc) is 3.13. The zero-order valence-electron chi connectivity index (χ0n) is 29.9. The Bertz CT molecular complexity index is 1440. The van der Waals surface area contributed by atoms with Gasteiger partial charge in [0.05, 0.1) is 52.2 Å². The van der Waals surface area contributed by atoms with Gasteiger partial charge in [-0.1, -0.05) is 0 Å². The van der Waals surface area contributed by atoms with Crippen LogP contribution >= 0.6 is 0 Å². The maximum atomic E-state index is 11.0. The molecule has 0 spiro atoms. The summed E-state index contributed by atoms with van der Waals surface area (Å²) in [7, 11) is 4.70. The van der Waals surface area contributed by atoms with Crippen LogP contribution in [0.5, 0.6) is 17.2 Å². The molecule has 21 nitrogen and oxygen atoms in total. The fourth-order valence-electron chi connectivity index (χ4n) is 6.46. The van der Waals surface area contributed by atoms with E-state index in [0.29, 0.717) is 29.5 Å². The van der Waals surface area contributed by atoms with Crippen molar-refractivity contribution >= 4 is 11.8 Å². The van der Waals surface area contributed by atoms with E-state index in [2.05, 4.69) is 9.97 Å². The van der Waals surface area contributed by atoms with E-state index in [1.54, 1.807) is 27.5 Å². The Hall–Kier alpha value is -3.26. The van der Waals surface area contributed by atoms with Crippen molar-refractivity contribution in [3.63, 3.8) is 0 Å². The van der Waals surface area contributed by atoms with Crippen molar-refractivity contribution < 1.29 is 58.7 Å². The molecule has 5 rings (SSSR count). The summed E-state index contributed by atoms with van der Waals surface area (Å²) in [5.74, 6) is 2.23. The van der Waals surface area contributed by atoms with E-state index in [0.717, 1.165) is 11.1 Å². The quantitative estimate of drug-likeness (QED) is 0.102. The molecule has 3 fully saturated rings. The summed E-state index contributed by atoms with van der Waals surface area (Å²) in [5, 5.41) is 50.7. The number of ether oxygens (including phenoxy) is 7. The van der Waals surface area contributed by atoms with Crippen LogP contribution in [0, 0.1) is 0 Å². The third-order valence-corrected chi connectivity index (χ3v) is 9.45. The van der Waals surface area contributed by atoms with Crippen molar-refractivity contribution in [2.45, 2.75) is 105 Å². The van der Waals surface area contributed by atoms with Gasteiger partial charge in [0.1, 0.15) is 42.4 Å². The molecular formula is C32H55N9O12. The van der Waals surface area contributed by atoms with Gasteiger partial charge in [0.25, 0.3) is 0 Å². The van der Waals surface area contributed by atoms with Crippen LogP contribution in [-0.2, 0) is 25.4 Å². The number of anilines is 2. The van der Waals surface area contributed by atoms with Crippen LogP contribution in [0.15, 0.2) is 18.3 Å². The predicted molar refractivity (Wildman–Crippen MR) is 188 cm³/mol. The van der Waals surface area contributed by atoms with Crippen molar-refractivity contribution in [2.24, 2.45) is 28.7 Å². The lowest BCUT2D eigenvalue weighted by molar-refractivity contribution is -0.314. The van der Waals surface area contributed by atoms with E-state index in [4.69, 9.17) is 73.3 Å². The summed E-state index contributed by atoms with van der Waals surface area (Å²) < 4.78 is 38.6. The van der Waals surface area contributed by atoms with Gasteiger partial charge in [0.15, 0.2) is 24.1 Å². The summed E-state index contributed by atoms with van der Waals surface area (Å²) in [4.78, 5) is 7.90. The summed E-state index contributed by atoms with van der Waals surface area (Å²) in [5.41, 5.74) is 42.8. The highest BCUT2D eigenvalue weighted by molar-refractivity contribution is 5.55. The van der Waals surface area contributed by atoms with Crippen molar-refractivity contribution in [2.75, 3.05) is 45.9 Å². The van der Waals surface area contributed by atoms with Crippen LogP contribution < -0.4 is 54.3 Å². The van der Waals surface area contributed by atoms with Crippen LogP contribution in [0.2, 0.25) is 0 Å². The van der Waals surface area contributed by atoms with Gasteiger partial charge in [-0.25, -0.2) is 4.98 Å². The number of aliphatic hydroxyl groups excluding tert-OH is 5. The van der Waals surface area contributed by atoms with Gasteiger partial charge in [0.2, 0.25) is 11.7 Å². The first-order valence-electron chi connectivity index (χ1n) is 17.0. The first-order valence-corrected chi connectivity index (χ1v) is 17.0. The molecule has 2 aliphatic heterocycles. The number of methoxy groups -OCH3 is 3. The number of aliphatic hydroxyl groups is 5. The smallest absolute Gasteiger partial charge is 0.221 e. The maximum absolute atomic E-state index is 11.0. The topological polar surface area (TPSA) is 374 Å². The van der Waals surface area contributed by atoms with Crippen LogP contribution in [-0.4, -0.2) is 156 Å². The summed E-state index contributed by atoms with van der Waals surface area (Å²) in [6.45, 7) is -0.499. The Morgan fingerprint density at radius 3 is 1.89 bits per heavy atom. The minimum atomic E-state index is -1.44. The molecule has 3 aliphatic rings. The van der Waals surface area contributed by atoms with Gasteiger partial charge in [-0.05, 0) is 30.5 Å². The summed E-state index contributed by atoms with van der Waals surface area (Å²) in [6.07, 6.45) is -8.62. The molecule has 0 unspecified atom stereocenters. The van der Waals surface area contributed by atoms with Gasteiger partial charge in [0, 0.05) is 36.8 Å². The lowest BCUT2D eigenvalue weighted by atomic mass is 9.84. The summed E-state index contributed by atoms with van der Waals surface area (Å²) >= 11 is 0. The fraction of sp³-hybridized carbons (Fsp3) is 0.688. The van der Waals surface area contributed by atoms with Gasteiger partial charge in [-0.2, -0.15) is 4.98 Å². The number of nitrogen functional groups attached to an aromatic ring is 2. The number of hydrogen-bond donors (Lipinski definition) is 12. The largest absolute Gasteiger partial charge is 0.493 e. The highest BCUT2D eigenvalue weighted by Gasteiger charge is 2.50. The predicted octanol–water partition coefficient (Wildman–Crippen LogP) is -5.04. The van der Waals surface area contributed by atoms with Gasteiger partial charge < -0.3 is 98.8 Å². The van der Waals surface area contributed by atoms with Crippen LogP contribution in [0.25, 0.3) is 0 Å². The van der Waals surface area contributed by atoms with Crippen molar-refractivity contribution in [1.29, 1.82) is 0 Å². The van der Waals surface area contributed by atoms with Crippen molar-refractivity contribution in [1.82, 2.24) is 9.97 Å². The lowest BCUT2D eigenvalue weighted by Crippen LogP contribution is -2.68.